The average Bonchev–Trinajstić information content (AvgIpc) is 3.21. The van der Waals surface area contributed by atoms with Gasteiger partial charge in [0.2, 0.25) is 11.1 Å². The maximum absolute atomic E-state index is 9.11. The highest BCUT2D eigenvalue weighted by Gasteiger charge is 2.32. The molecule has 0 bridgehead atoms. The van der Waals surface area contributed by atoms with E-state index in [1.807, 2.05) is 64.6 Å². The van der Waals surface area contributed by atoms with Crippen LogP contribution in [0.3, 0.4) is 0 Å². The number of nitriles is 1. The molecule has 0 spiro atoms. The Morgan fingerprint density at radius 1 is 0.473 bits per heavy atom. The molecule has 4 aromatic rings. The van der Waals surface area contributed by atoms with Gasteiger partial charge in [0.1, 0.15) is 29.3 Å². The summed E-state index contributed by atoms with van der Waals surface area (Å²) in [5.74, 6) is 7.36. The van der Waals surface area contributed by atoms with Crippen LogP contribution >= 0.6 is 11.6 Å². The fraction of sp³-hybridized carbons (Fsp3) is 0.585. The van der Waals surface area contributed by atoms with Crippen LogP contribution in [0.1, 0.15) is 80.0 Å². The van der Waals surface area contributed by atoms with Gasteiger partial charge in [0.15, 0.2) is 0 Å². The van der Waals surface area contributed by atoms with Gasteiger partial charge in [-0.05, 0) is 114 Å². The van der Waals surface area contributed by atoms with Crippen molar-refractivity contribution in [3.63, 3.8) is 0 Å². The van der Waals surface area contributed by atoms with Crippen molar-refractivity contribution in [2.45, 2.75) is 79.1 Å². The monoisotopic (exact) mass is 763 g/mol. The van der Waals surface area contributed by atoms with Crippen molar-refractivity contribution in [1.82, 2.24) is 39.9 Å². The highest BCUT2D eigenvalue weighted by molar-refractivity contribution is 6.28. The summed E-state index contributed by atoms with van der Waals surface area (Å²) in [7, 11) is 0. The van der Waals surface area contributed by atoms with Crippen molar-refractivity contribution in [3.8, 4) is 6.07 Å². The fourth-order valence-corrected chi connectivity index (χ4v) is 9.16. The largest absolute Gasteiger partial charge is 0.356 e. The number of piperidine rings is 4. The molecular weight excluding hydrogens is 710 g/mol. The molecule has 0 atom stereocenters. The first-order valence-electron chi connectivity index (χ1n) is 20.0. The zero-order valence-electron chi connectivity index (χ0n) is 32.8. The van der Waals surface area contributed by atoms with Gasteiger partial charge in [0.25, 0.3) is 0 Å². The van der Waals surface area contributed by atoms with E-state index in [0.717, 1.165) is 122 Å². The van der Waals surface area contributed by atoms with E-state index >= 15 is 0 Å². The minimum absolute atomic E-state index is 0.267. The second-order valence-corrected chi connectivity index (χ2v) is 16.1. The summed E-state index contributed by atoms with van der Waals surface area (Å²) in [6.07, 6.45) is 17.3. The molecule has 0 radical (unpaired) electrons. The second-order valence-electron chi connectivity index (χ2n) is 15.8. The van der Waals surface area contributed by atoms with E-state index in [-0.39, 0.29) is 5.82 Å². The SMILES string of the molecule is Cc1cnc(N2CCC(C3CCN(c4cc(C)nc(C#N)n4)CC3)CC2)cn1.Cc1cnc(N2CCC(C3CCN(c4cc(C)nc(Cl)n4)CC3)CC2)cn1. The highest BCUT2D eigenvalue weighted by atomic mass is 35.5. The Balaban J connectivity index is 0.000000169. The topological polar surface area (TPSA) is 140 Å². The lowest BCUT2D eigenvalue weighted by Crippen LogP contribution is -2.41. The summed E-state index contributed by atoms with van der Waals surface area (Å²) in [5.41, 5.74) is 3.72. The standard InChI is InChI=1S/C21H27N7.C20H27ClN6/c1-15-11-20(26-19(12-22)25-15)27-7-3-17(4-8-27)18-5-9-28(10-6-18)21-14-23-16(2)13-24-21;1-14-11-18(25-20(21)24-14)26-7-3-16(4-8-26)17-5-9-27(10-6-17)19-13-22-15(2)12-23-19/h11,13-14,17-18H,3-10H2,1-2H3;11-13,16-17H,3-10H2,1-2H3. The fourth-order valence-electron chi connectivity index (χ4n) is 8.94. The first kappa shape index (κ1) is 38.6. The van der Waals surface area contributed by atoms with Crippen molar-refractivity contribution in [1.29, 1.82) is 5.26 Å². The van der Waals surface area contributed by atoms with Crippen molar-refractivity contribution in [2.75, 3.05) is 72.0 Å². The Labute approximate surface area is 330 Å². The summed E-state index contributed by atoms with van der Waals surface area (Å²) in [6, 6.07) is 6.09. The van der Waals surface area contributed by atoms with Gasteiger partial charge in [-0.3, -0.25) is 9.97 Å². The molecule has 0 unspecified atom stereocenters. The van der Waals surface area contributed by atoms with E-state index in [0.29, 0.717) is 5.28 Å². The number of anilines is 4. The number of aromatic nitrogens is 8. The first-order valence-corrected chi connectivity index (χ1v) is 20.4. The van der Waals surface area contributed by atoms with Crippen LogP contribution in [0.25, 0.3) is 0 Å². The molecule has 55 heavy (non-hydrogen) atoms. The predicted molar refractivity (Wildman–Crippen MR) is 217 cm³/mol. The van der Waals surface area contributed by atoms with E-state index in [4.69, 9.17) is 16.9 Å². The van der Waals surface area contributed by atoms with Crippen LogP contribution in [0.5, 0.6) is 0 Å². The van der Waals surface area contributed by atoms with Gasteiger partial charge in [0, 0.05) is 75.9 Å². The van der Waals surface area contributed by atoms with Crippen molar-refractivity contribution >= 4 is 34.9 Å². The predicted octanol–water partition coefficient (Wildman–Crippen LogP) is 6.56. The molecular formula is C41H54ClN13. The Morgan fingerprint density at radius 3 is 1.18 bits per heavy atom. The number of hydrogen-bond donors (Lipinski definition) is 0. The van der Waals surface area contributed by atoms with Crippen molar-refractivity contribution in [3.05, 3.63) is 70.8 Å². The molecule has 13 nitrogen and oxygen atoms in total. The van der Waals surface area contributed by atoms with Gasteiger partial charge in [-0.25, -0.2) is 29.9 Å². The summed E-state index contributed by atoms with van der Waals surface area (Å²) < 4.78 is 0. The van der Waals surface area contributed by atoms with Gasteiger partial charge in [-0.1, -0.05) is 0 Å². The van der Waals surface area contributed by atoms with Gasteiger partial charge in [-0.15, -0.1) is 0 Å². The lowest BCUT2D eigenvalue weighted by atomic mass is 9.79. The van der Waals surface area contributed by atoms with E-state index in [2.05, 4.69) is 65.5 Å². The zero-order chi connectivity index (χ0) is 38.3. The Bertz CT molecular complexity index is 1870. The zero-order valence-corrected chi connectivity index (χ0v) is 33.5. The Morgan fingerprint density at radius 2 is 0.836 bits per heavy atom. The smallest absolute Gasteiger partial charge is 0.234 e. The van der Waals surface area contributed by atoms with E-state index in [1.165, 1.54) is 51.4 Å². The maximum Gasteiger partial charge on any atom is 0.234 e. The molecule has 4 saturated heterocycles. The highest BCUT2D eigenvalue weighted by Crippen LogP contribution is 2.36. The van der Waals surface area contributed by atoms with Crippen LogP contribution in [0.2, 0.25) is 5.28 Å². The first-order chi connectivity index (χ1) is 26.7. The van der Waals surface area contributed by atoms with Crippen LogP contribution in [0.15, 0.2) is 36.9 Å². The molecule has 4 aliphatic heterocycles. The number of aryl methyl sites for hydroxylation is 4. The van der Waals surface area contributed by atoms with Gasteiger partial charge in [0.05, 0.1) is 36.2 Å². The van der Waals surface area contributed by atoms with Crippen LogP contribution < -0.4 is 19.6 Å². The van der Waals surface area contributed by atoms with Crippen LogP contribution in [0.4, 0.5) is 23.3 Å². The lowest BCUT2D eigenvalue weighted by molar-refractivity contribution is 0.232. The lowest BCUT2D eigenvalue weighted by Gasteiger charge is -2.40. The third-order valence-corrected chi connectivity index (χ3v) is 12.2. The van der Waals surface area contributed by atoms with Crippen LogP contribution in [-0.2, 0) is 0 Å². The molecule has 14 heteroatoms. The molecule has 4 aliphatic rings. The maximum atomic E-state index is 9.11. The van der Waals surface area contributed by atoms with E-state index < -0.39 is 0 Å². The molecule has 0 aromatic carbocycles. The third-order valence-electron chi connectivity index (χ3n) is 12.1. The van der Waals surface area contributed by atoms with E-state index in [1.54, 1.807) is 0 Å². The molecule has 290 valence electrons. The minimum atomic E-state index is 0.267. The number of rotatable bonds is 6. The summed E-state index contributed by atoms with van der Waals surface area (Å²) >= 11 is 6.03. The molecule has 0 N–H and O–H groups in total. The molecule has 8 heterocycles. The molecule has 0 saturated carbocycles. The quantitative estimate of drug-likeness (QED) is 0.196. The van der Waals surface area contributed by atoms with Gasteiger partial charge < -0.3 is 19.6 Å². The van der Waals surface area contributed by atoms with Crippen molar-refractivity contribution < 1.29 is 0 Å². The van der Waals surface area contributed by atoms with Gasteiger partial charge in [-0.2, -0.15) is 5.26 Å². The normalized spacial score (nSPS) is 19.2. The minimum Gasteiger partial charge on any atom is -0.356 e. The molecule has 8 rings (SSSR count). The molecule has 0 aliphatic carbocycles. The third kappa shape index (κ3) is 9.95. The van der Waals surface area contributed by atoms with E-state index in [9.17, 15) is 0 Å². The number of nitrogens with zero attached hydrogens (tertiary/aromatic N) is 13. The van der Waals surface area contributed by atoms with Gasteiger partial charge >= 0.3 is 0 Å². The summed E-state index contributed by atoms with van der Waals surface area (Å²) in [4.78, 5) is 44.4. The van der Waals surface area contributed by atoms with Crippen molar-refractivity contribution in [2.24, 2.45) is 23.7 Å². The van der Waals surface area contributed by atoms with Crippen LogP contribution in [-0.4, -0.2) is 92.2 Å². The molecule has 0 amide bonds. The number of hydrogen-bond acceptors (Lipinski definition) is 13. The summed E-state index contributed by atoms with van der Waals surface area (Å²) in [5, 5.41) is 9.45. The average molecular weight is 764 g/mol. The summed E-state index contributed by atoms with van der Waals surface area (Å²) in [6.45, 7) is 16.3. The number of halogens is 1. The van der Waals surface area contributed by atoms with Crippen LogP contribution in [0, 0.1) is 62.7 Å². The Kier molecular flexibility index (Phi) is 12.5. The Hall–Kier alpha value is -4.70. The molecule has 4 fully saturated rings. The molecule has 4 aromatic heterocycles. The second kappa shape index (κ2) is 17.8.